The molecule has 1 unspecified atom stereocenters. The Labute approximate surface area is 98.8 Å². The Morgan fingerprint density at radius 3 is 2.31 bits per heavy atom. The Morgan fingerprint density at radius 2 is 1.81 bits per heavy atom. The zero-order valence-corrected chi connectivity index (χ0v) is 10.6. The van der Waals surface area contributed by atoms with Crippen LogP contribution in [0.4, 0.5) is 0 Å². The first-order valence-electron chi connectivity index (χ1n) is 6.23. The van der Waals surface area contributed by atoms with Gasteiger partial charge in [-0.05, 0) is 29.7 Å². The molecule has 0 radical (unpaired) electrons. The molecule has 0 aromatic heterocycles. The van der Waals surface area contributed by atoms with Crippen LogP contribution in [0, 0.1) is 11.3 Å². The summed E-state index contributed by atoms with van der Waals surface area (Å²) in [6.07, 6.45) is 3.10. The second-order valence-corrected chi connectivity index (χ2v) is 5.92. The van der Waals surface area contributed by atoms with Crippen LogP contribution in [-0.4, -0.2) is 6.10 Å². The lowest BCUT2D eigenvalue weighted by Crippen LogP contribution is -2.31. The predicted molar refractivity (Wildman–Crippen MR) is 67.2 cm³/mol. The monoisotopic (exact) mass is 218 g/mol. The molecule has 0 bridgehead atoms. The molecule has 1 heteroatoms. The van der Waals surface area contributed by atoms with Crippen molar-refractivity contribution in [3.8, 4) is 0 Å². The normalized spacial score (nSPS) is 18.4. The highest BCUT2D eigenvalue weighted by Gasteiger charge is 2.39. The molecular formula is C15H22O. The fourth-order valence-electron chi connectivity index (χ4n) is 2.25. The first kappa shape index (κ1) is 11.7. The zero-order valence-electron chi connectivity index (χ0n) is 10.6. The minimum atomic E-state index is 0.260. The van der Waals surface area contributed by atoms with Gasteiger partial charge in [0.2, 0.25) is 0 Å². The number of hydrogen-bond donors (Lipinski definition) is 0. The smallest absolute Gasteiger partial charge is 0.0721 e. The molecule has 2 rings (SSSR count). The average Bonchev–Trinajstić information content (AvgIpc) is 3.02. The SMILES string of the molecule is CC(C)(C)C(OCc1ccccc1)C1CC1. The van der Waals surface area contributed by atoms with Gasteiger partial charge in [0.1, 0.15) is 0 Å². The Morgan fingerprint density at radius 1 is 1.19 bits per heavy atom. The maximum atomic E-state index is 6.12. The Hall–Kier alpha value is -0.820. The predicted octanol–water partition coefficient (Wildman–Crippen LogP) is 4.03. The molecule has 0 saturated heterocycles. The lowest BCUT2D eigenvalue weighted by Gasteiger charge is -2.31. The molecule has 0 aliphatic heterocycles. The second-order valence-electron chi connectivity index (χ2n) is 5.92. The van der Waals surface area contributed by atoms with Crippen LogP contribution in [0.5, 0.6) is 0 Å². The topological polar surface area (TPSA) is 9.23 Å². The molecule has 1 nitrogen and oxygen atoms in total. The second kappa shape index (κ2) is 4.58. The molecule has 1 aliphatic rings. The minimum Gasteiger partial charge on any atom is -0.373 e. The van der Waals surface area contributed by atoms with E-state index in [0.29, 0.717) is 6.10 Å². The van der Waals surface area contributed by atoms with Crippen LogP contribution in [-0.2, 0) is 11.3 Å². The zero-order chi connectivity index (χ0) is 11.6. The van der Waals surface area contributed by atoms with E-state index in [2.05, 4.69) is 45.0 Å². The van der Waals surface area contributed by atoms with E-state index in [0.717, 1.165) is 12.5 Å². The van der Waals surface area contributed by atoms with Crippen molar-refractivity contribution < 1.29 is 4.74 Å². The summed E-state index contributed by atoms with van der Waals surface area (Å²) in [5, 5.41) is 0. The number of ether oxygens (including phenoxy) is 1. The largest absolute Gasteiger partial charge is 0.373 e. The van der Waals surface area contributed by atoms with Gasteiger partial charge >= 0.3 is 0 Å². The van der Waals surface area contributed by atoms with Gasteiger partial charge in [0, 0.05) is 0 Å². The molecule has 0 spiro atoms. The molecule has 1 aromatic carbocycles. The van der Waals surface area contributed by atoms with Gasteiger partial charge in [0.05, 0.1) is 12.7 Å². The third-order valence-corrected chi connectivity index (χ3v) is 3.18. The van der Waals surface area contributed by atoms with Crippen molar-refractivity contribution in [2.24, 2.45) is 11.3 Å². The van der Waals surface area contributed by atoms with E-state index in [-0.39, 0.29) is 5.41 Å². The molecule has 0 heterocycles. The van der Waals surface area contributed by atoms with Crippen LogP contribution < -0.4 is 0 Å². The summed E-state index contributed by atoms with van der Waals surface area (Å²) >= 11 is 0. The number of rotatable bonds is 4. The third kappa shape index (κ3) is 3.08. The summed E-state index contributed by atoms with van der Waals surface area (Å²) in [6, 6.07) is 10.5. The fourth-order valence-corrected chi connectivity index (χ4v) is 2.25. The van der Waals surface area contributed by atoms with E-state index in [1.807, 2.05) is 6.07 Å². The lowest BCUT2D eigenvalue weighted by molar-refractivity contribution is -0.0419. The number of hydrogen-bond acceptors (Lipinski definition) is 1. The van der Waals surface area contributed by atoms with E-state index < -0.39 is 0 Å². The van der Waals surface area contributed by atoms with Crippen LogP contribution in [0.1, 0.15) is 39.2 Å². The van der Waals surface area contributed by atoms with E-state index in [1.165, 1.54) is 18.4 Å². The summed E-state index contributed by atoms with van der Waals surface area (Å²) in [4.78, 5) is 0. The van der Waals surface area contributed by atoms with E-state index in [4.69, 9.17) is 4.74 Å². The van der Waals surface area contributed by atoms with Crippen molar-refractivity contribution >= 4 is 0 Å². The van der Waals surface area contributed by atoms with Crippen LogP contribution in [0.15, 0.2) is 30.3 Å². The van der Waals surface area contributed by atoms with Crippen molar-refractivity contribution in [3.05, 3.63) is 35.9 Å². The Bertz CT molecular complexity index is 319. The van der Waals surface area contributed by atoms with Crippen molar-refractivity contribution in [2.75, 3.05) is 0 Å². The maximum absolute atomic E-state index is 6.12. The maximum Gasteiger partial charge on any atom is 0.0721 e. The van der Waals surface area contributed by atoms with Crippen LogP contribution in [0.2, 0.25) is 0 Å². The van der Waals surface area contributed by atoms with Crippen molar-refractivity contribution in [1.29, 1.82) is 0 Å². The highest BCUT2D eigenvalue weighted by atomic mass is 16.5. The van der Waals surface area contributed by atoms with Gasteiger partial charge in [-0.1, -0.05) is 51.1 Å². The standard InChI is InChI=1S/C15H22O/c1-15(2,3)14(13-9-10-13)16-11-12-7-5-4-6-8-12/h4-8,13-14H,9-11H2,1-3H3. The molecule has 1 fully saturated rings. The van der Waals surface area contributed by atoms with Crippen LogP contribution >= 0.6 is 0 Å². The van der Waals surface area contributed by atoms with Gasteiger partial charge in [0.15, 0.2) is 0 Å². The Balaban J connectivity index is 1.92. The van der Waals surface area contributed by atoms with Crippen LogP contribution in [0.25, 0.3) is 0 Å². The quantitative estimate of drug-likeness (QED) is 0.741. The molecule has 0 N–H and O–H groups in total. The fraction of sp³-hybridized carbons (Fsp3) is 0.600. The third-order valence-electron chi connectivity index (χ3n) is 3.18. The van der Waals surface area contributed by atoms with Gasteiger partial charge in [0.25, 0.3) is 0 Å². The summed E-state index contributed by atoms with van der Waals surface area (Å²) in [5.41, 5.74) is 1.54. The van der Waals surface area contributed by atoms with Gasteiger partial charge in [-0.15, -0.1) is 0 Å². The highest BCUT2D eigenvalue weighted by molar-refractivity contribution is 5.13. The van der Waals surface area contributed by atoms with Crippen molar-refractivity contribution in [1.82, 2.24) is 0 Å². The minimum absolute atomic E-state index is 0.260. The molecule has 16 heavy (non-hydrogen) atoms. The average molecular weight is 218 g/mol. The van der Waals surface area contributed by atoms with Crippen LogP contribution in [0.3, 0.4) is 0 Å². The van der Waals surface area contributed by atoms with Gasteiger partial charge in [-0.25, -0.2) is 0 Å². The molecule has 1 atom stereocenters. The number of benzene rings is 1. The first-order valence-corrected chi connectivity index (χ1v) is 6.23. The van der Waals surface area contributed by atoms with Crippen molar-refractivity contribution in [3.63, 3.8) is 0 Å². The summed E-state index contributed by atoms with van der Waals surface area (Å²) < 4.78 is 6.12. The summed E-state index contributed by atoms with van der Waals surface area (Å²) in [5.74, 6) is 0.795. The van der Waals surface area contributed by atoms with Gasteiger partial charge in [-0.2, -0.15) is 0 Å². The summed E-state index contributed by atoms with van der Waals surface area (Å²) in [7, 11) is 0. The van der Waals surface area contributed by atoms with Gasteiger partial charge < -0.3 is 4.74 Å². The molecule has 1 saturated carbocycles. The molecular weight excluding hydrogens is 196 g/mol. The van der Waals surface area contributed by atoms with Gasteiger partial charge in [-0.3, -0.25) is 0 Å². The van der Waals surface area contributed by atoms with E-state index in [9.17, 15) is 0 Å². The Kier molecular flexibility index (Phi) is 3.34. The molecule has 1 aliphatic carbocycles. The lowest BCUT2D eigenvalue weighted by atomic mass is 9.86. The molecule has 1 aromatic rings. The van der Waals surface area contributed by atoms with E-state index >= 15 is 0 Å². The summed E-state index contributed by atoms with van der Waals surface area (Å²) in [6.45, 7) is 7.59. The molecule has 0 amide bonds. The van der Waals surface area contributed by atoms with E-state index in [1.54, 1.807) is 0 Å². The molecule has 88 valence electrons. The van der Waals surface area contributed by atoms with Crippen molar-refractivity contribution in [2.45, 2.75) is 46.3 Å². The first-order chi connectivity index (χ1) is 7.57. The highest BCUT2D eigenvalue weighted by Crippen LogP contribution is 2.42.